The summed E-state index contributed by atoms with van der Waals surface area (Å²) in [7, 11) is 0. The van der Waals surface area contributed by atoms with E-state index in [4.69, 9.17) is 19.9 Å². The second-order valence-electron chi connectivity index (χ2n) is 6.36. The van der Waals surface area contributed by atoms with Crippen LogP contribution < -0.4 is 25.3 Å². The van der Waals surface area contributed by atoms with Crippen molar-refractivity contribution in [3.8, 4) is 17.2 Å². The van der Waals surface area contributed by atoms with Gasteiger partial charge in [-0.3, -0.25) is 4.79 Å². The molecule has 1 heterocycles. The molecule has 1 aliphatic rings. The second-order valence-corrected chi connectivity index (χ2v) is 6.36. The number of hydrogen-bond acceptors (Lipinski definition) is 5. The number of hydrogen-bond donors (Lipinski definition) is 2. The van der Waals surface area contributed by atoms with Crippen molar-refractivity contribution >= 4 is 5.91 Å². The van der Waals surface area contributed by atoms with Gasteiger partial charge in [-0.15, -0.1) is 0 Å². The fourth-order valence-electron chi connectivity index (χ4n) is 2.69. The van der Waals surface area contributed by atoms with Gasteiger partial charge in [-0.2, -0.15) is 0 Å². The van der Waals surface area contributed by atoms with Crippen molar-refractivity contribution in [1.29, 1.82) is 0 Å². The lowest BCUT2D eigenvalue weighted by Gasteiger charge is -2.18. The quantitative estimate of drug-likeness (QED) is 0.778. The van der Waals surface area contributed by atoms with Gasteiger partial charge in [0.15, 0.2) is 11.5 Å². The number of rotatable bonds is 7. The molecular weight excluding hydrogens is 351 g/mol. The zero-order valence-electron chi connectivity index (χ0n) is 15.2. The molecule has 0 saturated heterocycles. The highest BCUT2D eigenvalue weighted by atomic mass is 19.1. The van der Waals surface area contributed by atoms with E-state index in [9.17, 15) is 9.18 Å². The van der Waals surface area contributed by atoms with Crippen LogP contribution in [0.2, 0.25) is 0 Å². The Morgan fingerprint density at radius 3 is 2.78 bits per heavy atom. The summed E-state index contributed by atoms with van der Waals surface area (Å²) in [4.78, 5) is 11.2. The molecule has 0 aromatic heterocycles. The first-order valence-electron chi connectivity index (χ1n) is 8.86. The first-order valence-corrected chi connectivity index (χ1v) is 8.86. The van der Waals surface area contributed by atoms with Crippen LogP contribution in [0.5, 0.6) is 17.2 Å². The summed E-state index contributed by atoms with van der Waals surface area (Å²) in [6.07, 6.45) is 0.753. The number of nitrogens with one attached hydrogen (secondary N) is 1. The van der Waals surface area contributed by atoms with Gasteiger partial charge < -0.3 is 25.3 Å². The van der Waals surface area contributed by atoms with E-state index in [1.165, 1.54) is 12.1 Å². The van der Waals surface area contributed by atoms with Crippen LogP contribution in [0.4, 0.5) is 4.39 Å². The SMILES string of the molecule is CC(NCc1ccc(OCc2cccc(F)c2)c2c1OCCCO2)C(N)=O. The van der Waals surface area contributed by atoms with Crippen LogP contribution in [0.15, 0.2) is 36.4 Å². The predicted octanol–water partition coefficient (Wildman–Crippen LogP) is 2.53. The number of amides is 1. The van der Waals surface area contributed by atoms with Crippen molar-refractivity contribution in [2.24, 2.45) is 5.73 Å². The van der Waals surface area contributed by atoms with Gasteiger partial charge in [-0.1, -0.05) is 18.2 Å². The summed E-state index contributed by atoms with van der Waals surface area (Å²) in [5.41, 5.74) is 6.86. The molecule has 6 nitrogen and oxygen atoms in total. The van der Waals surface area contributed by atoms with Crippen LogP contribution in [0, 0.1) is 5.82 Å². The first-order chi connectivity index (χ1) is 13.0. The van der Waals surface area contributed by atoms with Gasteiger partial charge in [0, 0.05) is 18.5 Å². The fourth-order valence-corrected chi connectivity index (χ4v) is 2.69. The van der Waals surface area contributed by atoms with Crippen LogP contribution in [0.1, 0.15) is 24.5 Å². The Labute approximate surface area is 157 Å². The highest BCUT2D eigenvalue weighted by Gasteiger charge is 2.21. The van der Waals surface area contributed by atoms with Crippen LogP contribution in [0.25, 0.3) is 0 Å². The minimum atomic E-state index is -0.462. The minimum Gasteiger partial charge on any atom is -0.489 e. The average Bonchev–Trinajstić information content (AvgIpc) is 2.91. The lowest BCUT2D eigenvalue weighted by atomic mass is 10.1. The van der Waals surface area contributed by atoms with E-state index >= 15 is 0 Å². The van der Waals surface area contributed by atoms with E-state index < -0.39 is 11.9 Å². The van der Waals surface area contributed by atoms with E-state index in [0.717, 1.165) is 17.5 Å². The number of ether oxygens (including phenoxy) is 3. The fraction of sp³-hybridized carbons (Fsp3) is 0.350. The molecule has 27 heavy (non-hydrogen) atoms. The normalized spacial score (nSPS) is 14.3. The molecule has 2 aromatic rings. The molecule has 3 rings (SSSR count). The average molecular weight is 374 g/mol. The third-order valence-corrected chi connectivity index (χ3v) is 4.25. The summed E-state index contributed by atoms with van der Waals surface area (Å²) in [6.45, 7) is 3.36. The van der Waals surface area contributed by atoms with Gasteiger partial charge in [0.25, 0.3) is 0 Å². The molecule has 7 heteroatoms. The van der Waals surface area contributed by atoms with E-state index in [1.54, 1.807) is 25.1 Å². The van der Waals surface area contributed by atoms with Crippen LogP contribution in [0.3, 0.4) is 0 Å². The molecule has 3 N–H and O–H groups in total. The Hall–Kier alpha value is -2.80. The lowest BCUT2D eigenvalue weighted by molar-refractivity contribution is -0.119. The maximum atomic E-state index is 13.3. The molecule has 0 bridgehead atoms. The topological polar surface area (TPSA) is 82.8 Å². The van der Waals surface area contributed by atoms with E-state index in [1.807, 2.05) is 6.07 Å². The molecule has 1 amide bonds. The van der Waals surface area contributed by atoms with Gasteiger partial charge in [0.05, 0.1) is 19.3 Å². The number of carbonyl (C=O) groups is 1. The van der Waals surface area contributed by atoms with Crippen LogP contribution >= 0.6 is 0 Å². The maximum Gasteiger partial charge on any atom is 0.234 e. The summed E-state index contributed by atoms with van der Waals surface area (Å²) in [6, 6.07) is 9.44. The molecule has 0 spiro atoms. The summed E-state index contributed by atoms with van der Waals surface area (Å²) < 4.78 is 30.9. The Kier molecular flexibility index (Phi) is 6.13. The van der Waals surface area contributed by atoms with Crippen molar-refractivity contribution in [2.45, 2.75) is 32.5 Å². The molecular formula is C20H23FN2O4. The number of fused-ring (bicyclic) bond motifs is 1. The first kappa shape index (κ1) is 19.0. The van der Waals surface area contributed by atoms with Gasteiger partial charge in [-0.05, 0) is 30.7 Å². The van der Waals surface area contributed by atoms with E-state index in [2.05, 4.69) is 5.32 Å². The van der Waals surface area contributed by atoms with Crippen LogP contribution in [-0.2, 0) is 17.9 Å². The summed E-state index contributed by atoms with van der Waals surface area (Å²) in [5.74, 6) is 0.916. The molecule has 144 valence electrons. The highest BCUT2D eigenvalue weighted by Crippen LogP contribution is 2.42. The monoisotopic (exact) mass is 374 g/mol. The standard InChI is InChI=1S/C20H23FN2O4/c1-13(20(22)24)23-11-15-6-7-17(19-18(15)25-8-3-9-26-19)27-12-14-4-2-5-16(21)10-14/h2,4-7,10,13,23H,3,8-9,11-12H2,1H3,(H2,22,24). The number of nitrogens with two attached hydrogens (primary N) is 1. The Morgan fingerprint density at radius 1 is 1.26 bits per heavy atom. The van der Waals surface area contributed by atoms with Crippen molar-refractivity contribution < 1.29 is 23.4 Å². The minimum absolute atomic E-state index is 0.212. The third kappa shape index (κ3) is 4.89. The van der Waals surface area contributed by atoms with Crippen molar-refractivity contribution in [1.82, 2.24) is 5.32 Å². The Morgan fingerprint density at radius 2 is 2.04 bits per heavy atom. The summed E-state index contributed by atoms with van der Waals surface area (Å²) in [5, 5.41) is 3.06. The molecule has 1 unspecified atom stereocenters. The molecule has 0 saturated carbocycles. The van der Waals surface area contributed by atoms with E-state index in [-0.39, 0.29) is 12.4 Å². The number of primary amides is 1. The van der Waals surface area contributed by atoms with Crippen molar-refractivity contribution in [3.63, 3.8) is 0 Å². The summed E-state index contributed by atoms with van der Waals surface area (Å²) >= 11 is 0. The molecule has 2 aromatic carbocycles. The largest absolute Gasteiger partial charge is 0.489 e. The van der Waals surface area contributed by atoms with Crippen LogP contribution in [-0.4, -0.2) is 25.2 Å². The van der Waals surface area contributed by atoms with Crippen molar-refractivity contribution in [2.75, 3.05) is 13.2 Å². The highest BCUT2D eigenvalue weighted by molar-refractivity contribution is 5.79. The van der Waals surface area contributed by atoms with Gasteiger partial charge >= 0.3 is 0 Å². The lowest BCUT2D eigenvalue weighted by Crippen LogP contribution is -2.38. The molecule has 0 fully saturated rings. The molecule has 0 radical (unpaired) electrons. The zero-order chi connectivity index (χ0) is 19.2. The van der Waals surface area contributed by atoms with Gasteiger partial charge in [-0.25, -0.2) is 4.39 Å². The Balaban J connectivity index is 1.79. The molecule has 1 atom stereocenters. The Bertz CT molecular complexity index is 813. The second kappa shape index (κ2) is 8.73. The van der Waals surface area contributed by atoms with Crippen molar-refractivity contribution in [3.05, 3.63) is 53.3 Å². The molecule has 0 aliphatic carbocycles. The predicted molar refractivity (Wildman–Crippen MR) is 98.3 cm³/mol. The maximum absolute atomic E-state index is 13.3. The van der Waals surface area contributed by atoms with Gasteiger partial charge in [0.2, 0.25) is 11.7 Å². The number of halogens is 1. The smallest absolute Gasteiger partial charge is 0.234 e. The third-order valence-electron chi connectivity index (χ3n) is 4.25. The zero-order valence-corrected chi connectivity index (χ0v) is 15.2. The van der Waals surface area contributed by atoms with Gasteiger partial charge in [0.1, 0.15) is 12.4 Å². The van der Waals surface area contributed by atoms with E-state index in [0.29, 0.717) is 37.0 Å². The number of benzene rings is 2. The molecule has 1 aliphatic heterocycles. The number of carbonyl (C=O) groups excluding carboxylic acids is 1.